The minimum atomic E-state index is -0.250. The van der Waals surface area contributed by atoms with Gasteiger partial charge in [-0.15, -0.1) is 6.58 Å². The minimum Gasteiger partial charge on any atom is -0.327 e. The summed E-state index contributed by atoms with van der Waals surface area (Å²) in [5.74, 6) is 0.700. The Morgan fingerprint density at radius 1 is 1.50 bits per heavy atom. The van der Waals surface area contributed by atoms with Crippen molar-refractivity contribution in [2.75, 3.05) is 13.2 Å². The highest BCUT2D eigenvalue weighted by Crippen LogP contribution is 2.08. The topological polar surface area (TPSA) is 24.1 Å². The zero-order valence-electron chi connectivity index (χ0n) is 8.61. The minimum absolute atomic E-state index is 0.250. The Hall–Kier alpha value is -0.123. The van der Waals surface area contributed by atoms with E-state index in [-0.39, 0.29) is 9.68 Å². The van der Waals surface area contributed by atoms with Crippen LogP contribution in [0.5, 0.6) is 0 Å². The number of hydrogen-bond acceptors (Lipinski definition) is 2. The van der Waals surface area contributed by atoms with Gasteiger partial charge in [0.15, 0.2) is 0 Å². The zero-order valence-corrected chi connectivity index (χ0v) is 10.0. The number of rotatable bonds is 7. The highest BCUT2D eigenvalue weighted by molar-refractivity contribution is 6.42. The lowest BCUT2D eigenvalue weighted by Crippen LogP contribution is -2.33. The summed E-state index contributed by atoms with van der Waals surface area (Å²) < 4.78 is 0. The second-order valence-electron chi connectivity index (χ2n) is 3.17. The average Bonchev–Trinajstić information content (AvgIpc) is 2.10. The van der Waals surface area contributed by atoms with Gasteiger partial charge in [0.25, 0.3) is 0 Å². The fraction of sp³-hybridized carbons (Fsp3) is 0.778. The van der Waals surface area contributed by atoms with Crippen molar-refractivity contribution in [3.63, 3.8) is 0 Å². The highest BCUT2D eigenvalue weighted by Gasteiger charge is 2.02. The molecule has 0 aliphatic rings. The van der Waals surface area contributed by atoms with E-state index in [1.54, 1.807) is 0 Å². The van der Waals surface area contributed by atoms with Crippen molar-refractivity contribution in [2.45, 2.75) is 27.2 Å². The van der Waals surface area contributed by atoms with E-state index in [2.05, 4.69) is 37.6 Å². The van der Waals surface area contributed by atoms with Gasteiger partial charge in [0.2, 0.25) is 0 Å². The van der Waals surface area contributed by atoms with Gasteiger partial charge < -0.3 is 10.3 Å². The smallest absolute Gasteiger partial charge is 0.120 e. The van der Waals surface area contributed by atoms with Crippen molar-refractivity contribution < 1.29 is 0 Å². The van der Waals surface area contributed by atoms with Crippen LogP contribution in [0.4, 0.5) is 0 Å². The van der Waals surface area contributed by atoms with Gasteiger partial charge in [-0.25, -0.2) is 0 Å². The van der Waals surface area contributed by atoms with Crippen LogP contribution in [0, 0.1) is 5.92 Å². The summed E-state index contributed by atoms with van der Waals surface area (Å²) in [6.45, 7) is 12.7. The van der Waals surface area contributed by atoms with Crippen LogP contribution in [-0.4, -0.2) is 22.9 Å². The molecule has 0 aromatic rings. The van der Waals surface area contributed by atoms with Gasteiger partial charge in [0.05, 0.1) is 0 Å². The molecule has 1 unspecified atom stereocenters. The molecule has 12 heavy (non-hydrogen) atoms. The Bertz CT molecular complexity index is 126. The third-order valence-corrected chi connectivity index (χ3v) is 3.81. The van der Waals surface area contributed by atoms with E-state index in [0.717, 1.165) is 13.2 Å². The molecular formula is C9H22N2Si. The van der Waals surface area contributed by atoms with Crippen LogP contribution in [0.1, 0.15) is 27.2 Å². The van der Waals surface area contributed by atoms with Crippen LogP contribution in [0.15, 0.2) is 11.8 Å². The van der Waals surface area contributed by atoms with E-state index >= 15 is 0 Å². The molecule has 0 aliphatic heterocycles. The van der Waals surface area contributed by atoms with Crippen molar-refractivity contribution in [1.29, 1.82) is 0 Å². The second kappa shape index (κ2) is 7.52. The number of allylic oxidation sites excluding steroid dienone is 1. The second-order valence-corrected chi connectivity index (χ2v) is 4.94. The summed E-state index contributed by atoms with van der Waals surface area (Å²) in [6.07, 6.45) is 1.22. The van der Waals surface area contributed by atoms with E-state index in [1.807, 2.05) is 0 Å². The summed E-state index contributed by atoms with van der Waals surface area (Å²) in [5.41, 5.74) is 0. The molecule has 2 N–H and O–H groups in total. The molecule has 0 bridgehead atoms. The van der Waals surface area contributed by atoms with Crippen LogP contribution < -0.4 is 10.3 Å². The van der Waals surface area contributed by atoms with Crippen LogP contribution in [0.2, 0.25) is 0 Å². The van der Waals surface area contributed by atoms with E-state index < -0.39 is 0 Å². The van der Waals surface area contributed by atoms with E-state index in [9.17, 15) is 0 Å². The molecule has 0 aliphatic carbocycles. The summed E-state index contributed by atoms with van der Waals surface area (Å²) >= 11 is 0. The van der Waals surface area contributed by atoms with E-state index in [4.69, 9.17) is 0 Å². The Balaban J connectivity index is 3.31. The third kappa shape index (κ3) is 5.52. The van der Waals surface area contributed by atoms with Gasteiger partial charge in [0, 0.05) is 6.67 Å². The molecule has 1 atom stereocenters. The molecular weight excluding hydrogens is 164 g/mol. The van der Waals surface area contributed by atoms with Crippen LogP contribution in [0.3, 0.4) is 0 Å². The molecule has 0 rings (SSSR count). The van der Waals surface area contributed by atoms with E-state index in [0.29, 0.717) is 5.92 Å². The summed E-state index contributed by atoms with van der Waals surface area (Å²) in [6, 6.07) is 0. The quantitative estimate of drug-likeness (QED) is 0.349. The van der Waals surface area contributed by atoms with Crippen molar-refractivity contribution >= 4 is 9.68 Å². The Morgan fingerprint density at radius 2 is 2.17 bits per heavy atom. The Morgan fingerprint density at radius 3 is 2.67 bits per heavy atom. The SMILES string of the molecule is C=C([SiH2]NCNCC)C(C)CC. The summed E-state index contributed by atoms with van der Waals surface area (Å²) in [7, 11) is -0.250. The molecule has 0 aromatic heterocycles. The lowest BCUT2D eigenvalue weighted by molar-refractivity contribution is 0.672. The maximum Gasteiger partial charge on any atom is 0.120 e. The molecule has 2 nitrogen and oxygen atoms in total. The summed E-state index contributed by atoms with van der Waals surface area (Å²) in [5, 5.41) is 4.68. The average molecular weight is 186 g/mol. The first-order valence-electron chi connectivity index (χ1n) is 4.81. The molecule has 0 heterocycles. The fourth-order valence-corrected chi connectivity index (χ4v) is 2.16. The number of hydrogen-bond donors (Lipinski definition) is 2. The predicted molar refractivity (Wildman–Crippen MR) is 58.8 cm³/mol. The lowest BCUT2D eigenvalue weighted by atomic mass is 10.1. The third-order valence-electron chi connectivity index (χ3n) is 2.16. The van der Waals surface area contributed by atoms with Crippen molar-refractivity contribution in [1.82, 2.24) is 10.3 Å². The molecule has 0 saturated heterocycles. The largest absolute Gasteiger partial charge is 0.327 e. The Labute approximate surface area is 78.7 Å². The first kappa shape index (κ1) is 11.9. The van der Waals surface area contributed by atoms with Gasteiger partial charge in [-0.1, -0.05) is 32.4 Å². The maximum absolute atomic E-state index is 4.09. The molecule has 0 spiro atoms. The Kier molecular flexibility index (Phi) is 7.44. The van der Waals surface area contributed by atoms with Crippen molar-refractivity contribution in [2.24, 2.45) is 5.92 Å². The molecule has 0 saturated carbocycles. The van der Waals surface area contributed by atoms with Crippen molar-refractivity contribution in [3.05, 3.63) is 11.8 Å². The van der Waals surface area contributed by atoms with Gasteiger partial charge in [-0.3, -0.25) is 0 Å². The molecule has 72 valence electrons. The molecule has 0 fully saturated rings. The van der Waals surface area contributed by atoms with Crippen molar-refractivity contribution in [3.8, 4) is 0 Å². The number of nitrogens with one attached hydrogen (secondary N) is 2. The van der Waals surface area contributed by atoms with Crippen LogP contribution in [0.25, 0.3) is 0 Å². The first-order chi connectivity index (χ1) is 5.72. The van der Waals surface area contributed by atoms with E-state index in [1.165, 1.54) is 11.6 Å². The zero-order chi connectivity index (χ0) is 9.40. The molecule has 3 heteroatoms. The van der Waals surface area contributed by atoms with Gasteiger partial charge in [-0.05, 0) is 12.5 Å². The normalized spacial score (nSPS) is 13.9. The lowest BCUT2D eigenvalue weighted by Gasteiger charge is -2.12. The van der Waals surface area contributed by atoms with Gasteiger partial charge in [-0.2, -0.15) is 0 Å². The van der Waals surface area contributed by atoms with Crippen LogP contribution >= 0.6 is 0 Å². The predicted octanol–water partition coefficient (Wildman–Crippen LogP) is 0.787. The summed E-state index contributed by atoms with van der Waals surface area (Å²) in [4.78, 5) is 3.43. The molecule has 0 amide bonds. The first-order valence-corrected chi connectivity index (χ1v) is 6.22. The van der Waals surface area contributed by atoms with Gasteiger partial charge >= 0.3 is 0 Å². The van der Waals surface area contributed by atoms with Gasteiger partial charge in [0.1, 0.15) is 9.68 Å². The highest BCUT2D eigenvalue weighted by atomic mass is 28.2. The standard InChI is InChI=1S/C9H22N2Si/c1-5-8(3)9(4)12-11-7-10-6-2/h8,10-11H,4-7,12H2,1-3H3. The molecule has 0 radical (unpaired) electrons. The molecule has 0 aromatic carbocycles. The maximum atomic E-state index is 4.09. The monoisotopic (exact) mass is 186 g/mol. The fourth-order valence-electron chi connectivity index (χ4n) is 0.899. The van der Waals surface area contributed by atoms with Crippen LogP contribution in [-0.2, 0) is 0 Å².